The highest BCUT2D eigenvalue weighted by Crippen LogP contribution is 2.32. The van der Waals surface area contributed by atoms with Crippen LogP contribution in [-0.4, -0.2) is 18.2 Å². The molecule has 0 saturated heterocycles. The van der Waals surface area contributed by atoms with Crippen molar-refractivity contribution in [1.82, 2.24) is 4.98 Å². The molecule has 2 aromatic carbocycles. The fourth-order valence-corrected chi connectivity index (χ4v) is 4.44. The lowest BCUT2D eigenvalue weighted by atomic mass is 10.0. The molecule has 0 aliphatic carbocycles. The van der Waals surface area contributed by atoms with Crippen LogP contribution in [0.1, 0.15) is 97.3 Å². The zero-order chi connectivity index (χ0) is 24.0. The van der Waals surface area contributed by atoms with Gasteiger partial charge in [-0.15, -0.1) is 0 Å². The number of nitrogens with zero attached hydrogens (tertiary/aromatic N) is 1. The lowest BCUT2D eigenvalue weighted by Gasteiger charge is -2.11. The first kappa shape index (κ1) is 26.2. The Morgan fingerprint density at radius 2 is 1.15 bits per heavy atom. The number of halogens is 1. The minimum absolute atomic E-state index is 0.286. The number of pyridine rings is 1. The first-order valence-electron chi connectivity index (χ1n) is 13.5. The van der Waals surface area contributed by atoms with Gasteiger partial charge in [0.2, 0.25) is 5.88 Å². The van der Waals surface area contributed by atoms with E-state index in [0.717, 1.165) is 35.6 Å². The molecule has 0 N–H and O–H groups in total. The summed E-state index contributed by atoms with van der Waals surface area (Å²) < 4.78 is 26.8. The van der Waals surface area contributed by atoms with Crippen molar-refractivity contribution in [2.24, 2.45) is 0 Å². The van der Waals surface area contributed by atoms with Crippen LogP contribution < -0.4 is 9.47 Å². The summed E-state index contributed by atoms with van der Waals surface area (Å²) in [6, 6.07) is 11.2. The van der Waals surface area contributed by atoms with Crippen LogP contribution in [0, 0.1) is 5.82 Å². The fraction of sp³-hybridized carbons (Fsp3) is 0.567. The van der Waals surface area contributed by atoms with Gasteiger partial charge in [0.25, 0.3) is 0 Å². The lowest BCUT2D eigenvalue weighted by Crippen LogP contribution is -2.00. The van der Waals surface area contributed by atoms with E-state index < -0.39 is 0 Å². The Bertz CT molecular complexity index is 1000. The van der Waals surface area contributed by atoms with Gasteiger partial charge in [0.15, 0.2) is 11.6 Å². The van der Waals surface area contributed by atoms with Crippen molar-refractivity contribution in [2.75, 3.05) is 13.2 Å². The highest BCUT2D eigenvalue weighted by atomic mass is 19.1. The molecule has 4 heteroatoms. The number of rotatable bonds is 17. The second-order valence-electron chi connectivity index (χ2n) is 9.34. The number of hydrogen-bond acceptors (Lipinski definition) is 3. The van der Waals surface area contributed by atoms with Crippen molar-refractivity contribution >= 4 is 21.7 Å². The fourth-order valence-electron chi connectivity index (χ4n) is 4.44. The summed E-state index contributed by atoms with van der Waals surface area (Å²) in [5, 5.41) is 2.36. The maximum atomic E-state index is 15.1. The molecule has 1 heterocycles. The minimum Gasteiger partial charge on any atom is -0.490 e. The summed E-state index contributed by atoms with van der Waals surface area (Å²) in [5.74, 6) is 0.685. The van der Waals surface area contributed by atoms with Crippen LogP contribution in [0.25, 0.3) is 21.7 Å². The van der Waals surface area contributed by atoms with Crippen LogP contribution in [0.4, 0.5) is 4.39 Å². The Morgan fingerprint density at radius 3 is 1.82 bits per heavy atom. The van der Waals surface area contributed by atoms with E-state index in [1.807, 2.05) is 24.3 Å². The van der Waals surface area contributed by atoms with Gasteiger partial charge in [0.1, 0.15) is 0 Å². The second-order valence-corrected chi connectivity index (χ2v) is 9.34. The van der Waals surface area contributed by atoms with Crippen molar-refractivity contribution in [2.45, 2.75) is 97.3 Å². The molecule has 3 nitrogen and oxygen atoms in total. The first-order valence-corrected chi connectivity index (χ1v) is 13.5. The van der Waals surface area contributed by atoms with Gasteiger partial charge in [-0.1, -0.05) is 84.5 Å². The second kappa shape index (κ2) is 14.8. The van der Waals surface area contributed by atoms with Gasteiger partial charge in [-0.3, -0.25) is 0 Å². The normalized spacial score (nSPS) is 11.4. The maximum absolute atomic E-state index is 15.1. The third-order valence-corrected chi connectivity index (χ3v) is 6.49. The van der Waals surface area contributed by atoms with Crippen LogP contribution in [0.2, 0.25) is 0 Å². The van der Waals surface area contributed by atoms with E-state index in [0.29, 0.717) is 30.2 Å². The number of hydrogen-bond donors (Lipinski definition) is 0. The average Bonchev–Trinajstić information content (AvgIpc) is 2.86. The quantitative estimate of drug-likeness (QED) is 0.146. The highest BCUT2D eigenvalue weighted by molar-refractivity contribution is 6.06. The third kappa shape index (κ3) is 7.85. The van der Waals surface area contributed by atoms with E-state index in [-0.39, 0.29) is 5.82 Å². The molecule has 0 amide bonds. The molecule has 1 aromatic heterocycles. The van der Waals surface area contributed by atoms with Crippen LogP contribution in [0.3, 0.4) is 0 Å². The molecule has 3 aromatic rings. The van der Waals surface area contributed by atoms with Gasteiger partial charge in [0, 0.05) is 16.8 Å². The molecular weight excluding hydrogens is 425 g/mol. The molecule has 186 valence electrons. The Labute approximate surface area is 205 Å². The Hall–Kier alpha value is -2.36. The Balaban J connectivity index is 1.53. The summed E-state index contributed by atoms with van der Waals surface area (Å²) in [6.07, 6.45) is 15.9. The summed E-state index contributed by atoms with van der Waals surface area (Å²) in [5.41, 5.74) is 0.822. The molecule has 0 spiro atoms. The maximum Gasteiger partial charge on any atom is 0.213 e. The number of benzene rings is 2. The molecule has 3 rings (SSSR count). The topological polar surface area (TPSA) is 31.4 Å². The van der Waals surface area contributed by atoms with Crippen LogP contribution in [0.15, 0.2) is 36.4 Å². The molecule has 0 unspecified atom stereocenters. The highest BCUT2D eigenvalue weighted by Gasteiger charge is 2.12. The predicted molar refractivity (Wildman–Crippen MR) is 142 cm³/mol. The van der Waals surface area contributed by atoms with Gasteiger partial charge >= 0.3 is 0 Å². The first-order chi connectivity index (χ1) is 16.7. The summed E-state index contributed by atoms with van der Waals surface area (Å²) in [6.45, 7) is 5.71. The molecule has 0 fully saturated rings. The van der Waals surface area contributed by atoms with E-state index in [1.54, 1.807) is 12.1 Å². The molecule has 0 aliphatic heterocycles. The van der Waals surface area contributed by atoms with Gasteiger partial charge in [-0.2, -0.15) is 0 Å². The summed E-state index contributed by atoms with van der Waals surface area (Å²) >= 11 is 0. The number of aromatic nitrogens is 1. The zero-order valence-electron chi connectivity index (χ0n) is 21.2. The van der Waals surface area contributed by atoms with E-state index >= 15 is 4.39 Å². The van der Waals surface area contributed by atoms with E-state index in [1.165, 1.54) is 64.2 Å². The van der Waals surface area contributed by atoms with Gasteiger partial charge in [-0.05, 0) is 48.6 Å². The molecule has 0 saturated carbocycles. The van der Waals surface area contributed by atoms with E-state index in [4.69, 9.17) is 9.47 Å². The van der Waals surface area contributed by atoms with Crippen molar-refractivity contribution in [1.29, 1.82) is 0 Å². The number of unbranched alkanes of at least 4 members (excludes halogenated alkanes) is 11. The average molecular weight is 468 g/mol. The molecule has 0 radical (unpaired) electrons. The van der Waals surface area contributed by atoms with Crippen molar-refractivity contribution in [3.8, 4) is 11.6 Å². The summed E-state index contributed by atoms with van der Waals surface area (Å²) in [7, 11) is 0. The Kier molecular flexibility index (Phi) is 11.4. The summed E-state index contributed by atoms with van der Waals surface area (Å²) in [4.78, 5) is 4.64. The predicted octanol–water partition coefficient (Wildman–Crippen LogP) is 9.40. The molecule has 34 heavy (non-hydrogen) atoms. The number of fused-ring (bicyclic) bond motifs is 3. The molecular formula is C30H42FNO2. The SMILES string of the molecule is CCCCCCCCCCOc1ccc2c(ccc3nc(OCCCCCCC)ccc32)c1F. The zero-order valence-corrected chi connectivity index (χ0v) is 21.2. The standard InChI is InChI=1S/C30H42FNO2/c1-3-5-7-9-10-11-13-14-22-33-28-20-17-24-25-18-21-29(34-23-15-12-8-6-4-2)32-27(25)19-16-26(24)30(28)31/h16-21H,3-15,22-23H2,1-2H3. The smallest absolute Gasteiger partial charge is 0.213 e. The lowest BCUT2D eigenvalue weighted by molar-refractivity contribution is 0.291. The van der Waals surface area contributed by atoms with E-state index in [9.17, 15) is 0 Å². The van der Waals surface area contributed by atoms with Crippen molar-refractivity contribution in [3.05, 3.63) is 42.2 Å². The molecule has 0 bridgehead atoms. The van der Waals surface area contributed by atoms with Gasteiger partial charge in [0.05, 0.1) is 18.7 Å². The molecule has 0 atom stereocenters. The minimum atomic E-state index is -0.286. The van der Waals surface area contributed by atoms with E-state index in [2.05, 4.69) is 18.8 Å². The van der Waals surface area contributed by atoms with Gasteiger partial charge < -0.3 is 9.47 Å². The monoisotopic (exact) mass is 467 g/mol. The largest absolute Gasteiger partial charge is 0.490 e. The third-order valence-electron chi connectivity index (χ3n) is 6.49. The Morgan fingerprint density at radius 1 is 0.588 bits per heavy atom. The number of ether oxygens (including phenoxy) is 2. The van der Waals surface area contributed by atoms with Gasteiger partial charge in [-0.25, -0.2) is 9.37 Å². The van der Waals surface area contributed by atoms with Crippen LogP contribution in [0.5, 0.6) is 11.6 Å². The van der Waals surface area contributed by atoms with Crippen molar-refractivity contribution < 1.29 is 13.9 Å². The molecule has 0 aliphatic rings. The van der Waals surface area contributed by atoms with Crippen molar-refractivity contribution in [3.63, 3.8) is 0 Å². The van der Waals surface area contributed by atoms with Crippen LogP contribution >= 0.6 is 0 Å². The van der Waals surface area contributed by atoms with Crippen LogP contribution in [-0.2, 0) is 0 Å².